The molecule has 30 heavy (non-hydrogen) atoms. The molecule has 0 fully saturated rings. The van der Waals surface area contributed by atoms with E-state index in [9.17, 15) is 9.59 Å². The number of H-pyrrole nitrogens is 1. The van der Waals surface area contributed by atoms with Gasteiger partial charge in [0.05, 0.1) is 23.2 Å². The Hall–Kier alpha value is -2.57. The van der Waals surface area contributed by atoms with Crippen molar-refractivity contribution in [2.24, 2.45) is 0 Å². The summed E-state index contributed by atoms with van der Waals surface area (Å²) in [5, 5.41) is 4.87. The predicted molar refractivity (Wildman–Crippen MR) is 119 cm³/mol. The standard InChI is InChI=1S/C23H26ClN3O3/c1-13-12-14(2)27(10-11-30-3)23(29)19(13)22(28)25-18-9-5-7-16-15-6-4-8-17(24)20(15)26-21(16)18/h4,6,8,12,18,26H,5,7,9-11H2,1-3H3,(H,25,28)/t18-/m1/s1. The number of aromatic nitrogens is 2. The van der Waals surface area contributed by atoms with Crippen LogP contribution in [0, 0.1) is 13.8 Å². The molecule has 1 aliphatic carbocycles. The van der Waals surface area contributed by atoms with Gasteiger partial charge in [-0.2, -0.15) is 0 Å². The minimum absolute atomic E-state index is 0.183. The van der Waals surface area contributed by atoms with Crippen LogP contribution in [-0.2, 0) is 17.7 Å². The summed E-state index contributed by atoms with van der Waals surface area (Å²) in [6, 6.07) is 7.55. The summed E-state index contributed by atoms with van der Waals surface area (Å²) >= 11 is 6.37. The lowest BCUT2D eigenvalue weighted by atomic mass is 9.91. The monoisotopic (exact) mass is 427 g/mol. The van der Waals surface area contributed by atoms with Gasteiger partial charge in [-0.05, 0) is 56.4 Å². The van der Waals surface area contributed by atoms with Crippen LogP contribution in [-0.4, -0.2) is 29.2 Å². The highest BCUT2D eigenvalue weighted by atomic mass is 35.5. The van der Waals surface area contributed by atoms with Crippen molar-refractivity contribution in [2.75, 3.05) is 13.7 Å². The molecule has 0 bridgehead atoms. The van der Waals surface area contributed by atoms with Crippen LogP contribution in [0.3, 0.4) is 0 Å². The zero-order valence-corrected chi connectivity index (χ0v) is 18.2. The van der Waals surface area contributed by atoms with Gasteiger partial charge in [-0.25, -0.2) is 0 Å². The number of amides is 1. The number of rotatable bonds is 5. The quantitative estimate of drug-likeness (QED) is 0.644. The lowest BCUT2D eigenvalue weighted by Crippen LogP contribution is -2.38. The molecule has 158 valence electrons. The number of methoxy groups -OCH3 is 1. The Morgan fingerprint density at radius 1 is 1.37 bits per heavy atom. The van der Waals surface area contributed by atoms with E-state index in [1.807, 2.05) is 25.1 Å². The van der Waals surface area contributed by atoms with Crippen LogP contribution in [0.15, 0.2) is 29.1 Å². The van der Waals surface area contributed by atoms with Crippen LogP contribution in [0.4, 0.5) is 0 Å². The van der Waals surface area contributed by atoms with E-state index >= 15 is 0 Å². The minimum Gasteiger partial charge on any atom is -0.383 e. The van der Waals surface area contributed by atoms with E-state index in [1.165, 1.54) is 5.56 Å². The molecule has 1 amide bonds. The Balaban J connectivity index is 1.69. The van der Waals surface area contributed by atoms with Gasteiger partial charge in [-0.15, -0.1) is 0 Å². The second-order valence-corrected chi connectivity index (χ2v) is 8.30. The maximum atomic E-state index is 13.2. The summed E-state index contributed by atoms with van der Waals surface area (Å²) < 4.78 is 6.71. The number of nitrogens with zero attached hydrogens (tertiary/aromatic N) is 1. The molecule has 2 N–H and O–H groups in total. The molecule has 3 aromatic rings. The molecule has 2 aromatic heterocycles. The SMILES string of the molecule is COCCn1c(C)cc(C)c(C(=O)N[C@@H]2CCCc3c2[nH]c2c(Cl)cccc32)c1=O. The van der Waals surface area contributed by atoms with Crippen molar-refractivity contribution < 1.29 is 9.53 Å². The number of halogens is 1. The summed E-state index contributed by atoms with van der Waals surface area (Å²) in [5.41, 5.74) is 4.49. The van der Waals surface area contributed by atoms with Crippen molar-refractivity contribution in [3.05, 3.63) is 67.7 Å². The number of fused-ring (bicyclic) bond motifs is 3. The van der Waals surface area contributed by atoms with Crippen molar-refractivity contribution in [3.63, 3.8) is 0 Å². The van der Waals surface area contributed by atoms with Crippen LogP contribution in [0.25, 0.3) is 10.9 Å². The van der Waals surface area contributed by atoms with Gasteiger partial charge in [0.2, 0.25) is 0 Å². The first-order chi connectivity index (χ1) is 14.4. The first kappa shape index (κ1) is 20.7. The Kier molecular flexibility index (Phi) is 5.71. The van der Waals surface area contributed by atoms with Crippen molar-refractivity contribution in [1.29, 1.82) is 0 Å². The van der Waals surface area contributed by atoms with Crippen molar-refractivity contribution in [1.82, 2.24) is 14.9 Å². The van der Waals surface area contributed by atoms with E-state index in [0.29, 0.717) is 23.7 Å². The maximum Gasteiger partial charge on any atom is 0.263 e. The number of carbonyl (C=O) groups excluding carboxylic acids is 1. The van der Waals surface area contributed by atoms with Crippen LogP contribution >= 0.6 is 11.6 Å². The van der Waals surface area contributed by atoms with E-state index in [2.05, 4.69) is 16.4 Å². The number of aryl methyl sites for hydroxylation is 3. The maximum absolute atomic E-state index is 13.2. The molecular formula is C23H26ClN3O3. The van der Waals surface area contributed by atoms with E-state index in [1.54, 1.807) is 18.6 Å². The highest BCUT2D eigenvalue weighted by molar-refractivity contribution is 6.35. The fourth-order valence-corrected chi connectivity index (χ4v) is 4.71. The molecule has 0 aliphatic heterocycles. The Morgan fingerprint density at radius 3 is 2.93 bits per heavy atom. The Labute approximate surface area is 180 Å². The zero-order valence-electron chi connectivity index (χ0n) is 17.5. The lowest BCUT2D eigenvalue weighted by Gasteiger charge is -2.24. The van der Waals surface area contributed by atoms with Crippen LogP contribution in [0.5, 0.6) is 0 Å². The van der Waals surface area contributed by atoms with E-state index < -0.39 is 0 Å². The molecule has 1 atom stereocenters. The van der Waals surface area contributed by atoms with E-state index in [0.717, 1.165) is 41.6 Å². The van der Waals surface area contributed by atoms with E-state index in [-0.39, 0.29) is 23.1 Å². The summed E-state index contributed by atoms with van der Waals surface area (Å²) in [6.45, 7) is 4.49. The summed E-state index contributed by atoms with van der Waals surface area (Å²) in [4.78, 5) is 29.7. The normalized spacial score (nSPS) is 15.9. The largest absolute Gasteiger partial charge is 0.383 e. The molecule has 7 heteroatoms. The van der Waals surface area contributed by atoms with Gasteiger partial charge in [-0.1, -0.05) is 23.7 Å². The third-order valence-electron chi connectivity index (χ3n) is 5.95. The average molecular weight is 428 g/mol. The summed E-state index contributed by atoms with van der Waals surface area (Å²) in [5.74, 6) is -0.341. The molecule has 1 aromatic carbocycles. The highest BCUT2D eigenvalue weighted by Gasteiger charge is 2.28. The molecule has 4 rings (SSSR count). The molecule has 0 spiro atoms. The van der Waals surface area contributed by atoms with Crippen LogP contribution in [0.1, 0.15) is 51.8 Å². The molecular weight excluding hydrogens is 402 g/mol. The highest BCUT2D eigenvalue weighted by Crippen LogP contribution is 2.37. The molecule has 0 saturated heterocycles. The van der Waals surface area contributed by atoms with Gasteiger partial charge in [0.1, 0.15) is 5.56 Å². The smallest absolute Gasteiger partial charge is 0.263 e. The number of nitrogens with one attached hydrogen (secondary N) is 2. The molecule has 0 unspecified atom stereocenters. The zero-order chi connectivity index (χ0) is 21.4. The first-order valence-corrected chi connectivity index (χ1v) is 10.6. The molecule has 0 saturated carbocycles. The van der Waals surface area contributed by atoms with Crippen molar-refractivity contribution in [2.45, 2.75) is 45.7 Å². The average Bonchev–Trinajstić information content (AvgIpc) is 3.09. The van der Waals surface area contributed by atoms with Gasteiger partial charge in [-0.3, -0.25) is 9.59 Å². The number of hydrogen-bond acceptors (Lipinski definition) is 3. The number of para-hydroxylation sites is 1. The number of carbonyl (C=O) groups is 1. The number of ether oxygens (including phenoxy) is 1. The summed E-state index contributed by atoms with van der Waals surface area (Å²) in [7, 11) is 1.59. The topological polar surface area (TPSA) is 76.1 Å². The van der Waals surface area contributed by atoms with Crippen molar-refractivity contribution >= 4 is 28.4 Å². The van der Waals surface area contributed by atoms with Crippen LogP contribution < -0.4 is 10.9 Å². The number of pyridine rings is 1. The van der Waals surface area contributed by atoms with Crippen molar-refractivity contribution in [3.8, 4) is 0 Å². The predicted octanol–water partition coefficient (Wildman–Crippen LogP) is 4.05. The second kappa shape index (κ2) is 8.28. The number of benzene rings is 1. The number of aromatic amines is 1. The lowest BCUT2D eigenvalue weighted by molar-refractivity contribution is 0.0928. The fraction of sp³-hybridized carbons (Fsp3) is 0.391. The van der Waals surface area contributed by atoms with Gasteiger partial charge >= 0.3 is 0 Å². The Bertz CT molecular complexity index is 1180. The molecule has 6 nitrogen and oxygen atoms in total. The second-order valence-electron chi connectivity index (χ2n) is 7.89. The number of hydrogen-bond donors (Lipinski definition) is 2. The third kappa shape index (κ3) is 3.55. The molecule has 1 aliphatic rings. The fourth-order valence-electron chi connectivity index (χ4n) is 4.49. The molecule has 0 radical (unpaired) electrons. The van der Waals surface area contributed by atoms with Gasteiger partial charge < -0.3 is 19.6 Å². The first-order valence-electron chi connectivity index (χ1n) is 10.2. The summed E-state index contributed by atoms with van der Waals surface area (Å²) in [6.07, 6.45) is 2.71. The van der Waals surface area contributed by atoms with Gasteiger partial charge in [0.25, 0.3) is 11.5 Å². The van der Waals surface area contributed by atoms with Crippen LogP contribution in [0.2, 0.25) is 5.02 Å². The van der Waals surface area contributed by atoms with E-state index in [4.69, 9.17) is 16.3 Å². The minimum atomic E-state index is -0.341. The molecule has 2 heterocycles. The van der Waals surface area contributed by atoms with Gasteiger partial charge in [0, 0.05) is 30.4 Å². The van der Waals surface area contributed by atoms with Gasteiger partial charge in [0.15, 0.2) is 0 Å². The Morgan fingerprint density at radius 2 is 2.17 bits per heavy atom. The third-order valence-corrected chi connectivity index (χ3v) is 6.26.